The molecule has 80 valence electrons. The molecule has 14 heavy (non-hydrogen) atoms. The predicted molar refractivity (Wildman–Crippen MR) is 57.2 cm³/mol. The monoisotopic (exact) mass is 262 g/mol. The molecule has 0 radical (unpaired) electrons. The van der Waals surface area contributed by atoms with E-state index in [-0.39, 0.29) is 17.9 Å². The number of alkyl halides is 1. The summed E-state index contributed by atoms with van der Waals surface area (Å²) in [5.41, 5.74) is 0. The van der Waals surface area contributed by atoms with Crippen LogP contribution in [0, 0.1) is 0 Å². The SMILES string of the molecule is CC(C)(Br)C(=O)NC1CCC(=O)NC1. The molecule has 2 N–H and O–H groups in total. The molecule has 0 aromatic rings. The number of carbonyl (C=O) groups excluding carboxylic acids is 2. The van der Waals surface area contributed by atoms with Gasteiger partial charge in [-0.2, -0.15) is 0 Å². The van der Waals surface area contributed by atoms with Gasteiger partial charge in [-0.1, -0.05) is 15.9 Å². The highest BCUT2D eigenvalue weighted by Crippen LogP contribution is 2.16. The number of nitrogens with one attached hydrogen (secondary N) is 2. The number of carbonyl (C=O) groups is 2. The van der Waals surface area contributed by atoms with Gasteiger partial charge in [0.25, 0.3) is 0 Å². The molecule has 1 heterocycles. The summed E-state index contributed by atoms with van der Waals surface area (Å²) >= 11 is 3.28. The molecule has 4 nitrogen and oxygen atoms in total. The molecule has 1 aliphatic heterocycles. The lowest BCUT2D eigenvalue weighted by Gasteiger charge is -2.26. The van der Waals surface area contributed by atoms with Gasteiger partial charge in [-0.15, -0.1) is 0 Å². The molecule has 1 unspecified atom stereocenters. The van der Waals surface area contributed by atoms with Crippen molar-refractivity contribution in [2.24, 2.45) is 0 Å². The Bertz CT molecular complexity index is 238. The molecule has 1 saturated heterocycles. The quantitative estimate of drug-likeness (QED) is 0.715. The van der Waals surface area contributed by atoms with E-state index in [9.17, 15) is 9.59 Å². The van der Waals surface area contributed by atoms with Crippen LogP contribution in [0.3, 0.4) is 0 Å². The standard InChI is InChI=1S/C9H15BrN2O2/c1-9(2,10)8(14)12-6-3-4-7(13)11-5-6/h6H,3-5H2,1-2H3,(H,11,13)(H,12,14). The maximum Gasteiger partial charge on any atom is 0.236 e. The van der Waals surface area contributed by atoms with E-state index in [0.717, 1.165) is 6.42 Å². The first kappa shape index (κ1) is 11.5. The van der Waals surface area contributed by atoms with Gasteiger partial charge >= 0.3 is 0 Å². The van der Waals surface area contributed by atoms with Crippen molar-refractivity contribution in [1.29, 1.82) is 0 Å². The van der Waals surface area contributed by atoms with E-state index in [2.05, 4.69) is 26.6 Å². The molecular weight excluding hydrogens is 248 g/mol. The van der Waals surface area contributed by atoms with Crippen LogP contribution in [0.2, 0.25) is 0 Å². The molecule has 0 spiro atoms. The molecule has 2 amide bonds. The van der Waals surface area contributed by atoms with Crippen LogP contribution in [0.25, 0.3) is 0 Å². The highest BCUT2D eigenvalue weighted by molar-refractivity contribution is 9.10. The highest BCUT2D eigenvalue weighted by atomic mass is 79.9. The van der Waals surface area contributed by atoms with Crippen LogP contribution in [0.5, 0.6) is 0 Å². The maximum atomic E-state index is 11.5. The van der Waals surface area contributed by atoms with Gasteiger partial charge in [0, 0.05) is 19.0 Å². The van der Waals surface area contributed by atoms with Gasteiger partial charge in [-0.3, -0.25) is 9.59 Å². The van der Waals surface area contributed by atoms with Gasteiger partial charge in [0.1, 0.15) is 0 Å². The summed E-state index contributed by atoms with van der Waals surface area (Å²) in [6.45, 7) is 4.13. The normalized spacial score (nSPS) is 22.8. The Balaban J connectivity index is 2.38. The Hall–Kier alpha value is -0.580. The van der Waals surface area contributed by atoms with Crippen molar-refractivity contribution < 1.29 is 9.59 Å². The molecule has 0 saturated carbocycles. The Labute approximate surface area is 91.9 Å². The second kappa shape index (κ2) is 4.29. The summed E-state index contributed by atoms with van der Waals surface area (Å²) in [5.74, 6) is 0.0206. The first-order valence-corrected chi connectivity index (χ1v) is 5.45. The van der Waals surface area contributed by atoms with Crippen LogP contribution in [-0.4, -0.2) is 28.7 Å². The number of hydrogen-bond donors (Lipinski definition) is 2. The fourth-order valence-electron chi connectivity index (χ4n) is 1.21. The third-order valence-electron chi connectivity index (χ3n) is 2.14. The fraction of sp³-hybridized carbons (Fsp3) is 0.778. The van der Waals surface area contributed by atoms with Gasteiger partial charge < -0.3 is 10.6 Å². The van der Waals surface area contributed by atoms with Crippen LogP contribution in [0.1, 0.15) is 26.7 Å². The highest BCUT2D eigenvalue weighted by Gasteiger charge is 2.27. The summed E-state index contributed by atoms with van der Waals surface area (Å²) in [7, 11) is 0. The lowest BCUT2D eigenvalue weighted by atomic mass is 10.1. The molecule has 1 aliphatic rings. The van der Waals surface area contributed by atoms with Crippen LogP contribution in [0.15, 0.2) is 0 Å². The van der Waals surface area contributed by atoms with Crippen molar-refractivity contribution in [3.05, 3.63) is 0 Å². The molecule has 1 fully saturated rings. The Kier molecular flexibility index (Phi) is 3.53. The van der Waals surface area contributed by atoms with Crippen LogP contribution >= 0.6 is 15.9 Å². The van der Waals surface area contributed by atoms with Crippen molar-refractivity contribution in [2.75, 3.05) is 6.54 Å². The molecular formula is C9H15BrN2O2. The lowest BCUT2D eigenvalue weighted by Crippen LogP contribution is -2.51. The minimum Gasteiger partial charge on any atom is -0.354 e. The van der Waals surface area contributed by atoms with E-state index in [1.165, 1.54) is 0 Å². The second-order valence-electron chi connectivity index (χ2n) is 3.99. The topological polar surface area (TPSA) is 58.2 Å². The molecule has 1 atom stereocenters. The Morgan fingerprint density at radius 2 is 2.29 bits per heavy atom. The van der Waals surface area contributed by atoms with E-state index in [4.69, 9.17) is 0 Å². The van der Waals surface area contributed by atoms with Crippen LogP contribution in [-0.2, 0) is 9.59 Å². The van der Waals surface area contributed by atoms with Crippen molar-refractivity contribution in [3.8, 4) is 0 Å². The van der Waals surface area contributed by atoms with Gasteiger partial charge in [-0.05, 0) is 20.3 Å². The first-order chi connectivity index (χ1) is 6.39. The number of amides is 2. The maximum absolute atomic E-state index is 11.5. The molecule has 1 rings (SSSR count). The van der Waals surface area contributed by atoms with E-state index in [1.54, 1.807) is 13.8 Å². The lowest BCUT2D eigenvalue weighted by molar-refractivity contribution is -0.126. The van der Waals surface area contributed by atoms with E-state index >= 15 is 0 Å². The fourth-order valence-corrected chi connectivity index (χ4v) is 1.33. The average Bonchev–Trinajstić information content (AvgIpc) is 2.07. The van der Waals surface area contributed by atoms with Gasteiger partial charge in [0.15, 0.2) is 0 Å². The van der Waals surface area contributed by atoms with Crippen molar-refractivity contribution >= 4 is 27.7 Å². The Morgan fingerprint density at radius 1 is 1.64 bits per heavy atom. The van der Waals surface area contributed by atoms with Crippen molar-refractivity contribution in [3.63, 3.8) is 0 Å². The zero-order valence-electron chi connectivity index (χ0n) is 8.39. The first-order valence-electron chi connectivity index (χ1n) is 4.66. The largest absolute Gasteiger partial charge is 0.354 e. The second-order valence-corrected chi connectivity index (χ2v) is 5.97. The summed E-state index contributed by atoms with van der Waals surface area (Å²) < 4.78 is -0.547. The van der Waals surface area contributed by atoms with Crippen molar-refractivity contribution in [1.82, 2.24) is 10.6 Å². The summed E-state index contributed by atoms with van der Waals surface area (Å²) in [6.07, 6.45) is 1.22. The summed E-state index contributed by atoms with van der Waals surface area (Å²) in [6, 6.07) is 0.0667. The zero-order chi connectivity index (χ0) is 10.8. The van der Waals surface area contributed by atoms with Crippen molar-refractivity contribution in [2.45, 2.75) is 37.1 Å². The average molecular weight is 263 g/mol. The van der Waals surface area contributed by atoms with Gasteiger partial charge in [0.2, 0.25) is 11.8 Å². The minimum atomic E-state index is -0.547. The van der Waals surface area contributed by atoms with Gasteiger partial charge in [0.05, 0.1) is 4.32 Å². The van der Waals surface area contributed by atoms with Crippen LogP contribution in [0.4, 0.5) is 0 Å². The molecule has 0 aromatic heterocycles. The van der Waals surface area contributed by atoms with Gasteiger partial charge in [-0.25, -0.2) is 0 Å². The molecule has 5 heteroatoms. The Morgan fingerprint density at radius 3 is 2.71 bits per heavy atom. The number of halogens is 1. The number of hydrogen-bond acceptors (Lipinski definition) is 2. The van der Waals surface area contributed by atoms with Crippen LogP contribution < -0.4 is 10.6 Å². The number of piperidine rings is 1. The predicted octanol–water partition coefficient (Wildman–Crippen LogP) is 0.555. The summed E-state index contributed by atoms with van der Waals surface area (Å²) in [4.78, 5) is 22.4. The molecule has 0 aliphatic carbocycles. The number of rotatable bonds is 2. The van der Waals surface area contributed by atoms with E-state index in [0.29, 0.717) is 13.0 Å². The van der Waals surface area contributed by atoms with E-state index in [1.807, 2.05) is 0 Å². The smallest absolute Gasteiger partial charge is 0.236 e. The zero-order valence-corrected chi connectivity index (χ0v) is 9.98. The third-order valence-corrected chi connectivity index (χ3v) is 2.50. The minimum absolute atomic E-state index is 0.0429. The molecule has 0 aromatic carbocycles. The summed E-state index contributed by atoms with van der Waals surface area (Å²) in [5, 5.41) is 5.60. The third kappa shape index (κ3) is 3.29. The van der Waals surface area contributed by atoms with E-state index < -0.39 is 4.32 Å². The molecule has 0 bridgehead atoms.